The predicted octanol–water partition coefficient (Wildman–Crippen LogP) is 6.01. The van der Waals surface area contributed by atoms with Crippen LogP contribution in [-0.2, 0) is 12.8 Å². The molecule has 6 rings (SSSR count). The topological polar surface area (TPSA) is 48.0 Å². The Morgan fingerprint density at radius 1 is 0.750 bits per heavy atom. The molecule has 4 aromatic heterocycles. The van der Waals surface area contributed by atoms with Crippen LogP contribution in [0.5, 0.6) is 0 Å². The molecule has 156 valence electrons. The van der Waals surface area contributed by atoms with Gasteiger partial charge in [0, 0.05) is 6.20 Å². The van der Waals surface area contributed by atoms with E-state index in [0.29, 0.717) is 0 Å². The van der Waals surface area contributed by atoms with Gasteiger partial charge in [-0.3, -0.25) is 18.9 Å². The maximum atomic E-state index is 4.99. The van der Waals surface area contributed by atoms with E-state index in [2.05, 4.69) is 88.5 Å². The Bertz CT molecular complexity index is 1610. The van der Waals surface area contributed by atoms with Gasteiger partial charge in [0.15, 0.2) is 0 Å². The standard InChI is InChI=1S/C27H23N5/c1-3-18-13-14-28-21(15-18)22-16-19(4-2)26(17-29-22)32-25-12-8-7-11-24(25)31-23-10-6-5-9-20(23)30-27(31)32/h5-17H,3-4H2,1-2H3. The zero-order valence-corrected chi connectivity index (χ0v) is 18.2. The van der Waals surface area contributed by atoms with Gasteiger partial charge in [-0.05, 0) is 66.4 Å². The van der Waals surface area contributed by atoms with E-state index in [9.17, 15) is 0 Å². The number of aryl methyl sites for hydroxylation is 2. The van der Waals surface area contributed by atoms with Crippen LogP contribution in [0.2, 0.25) is 0 Å². The molecule has 6 aromatic rings. The zero-order chi connectivity index (χ0) is 21.7. The fourth-order valence-electron chi connectivity index (χ4n) is 4.54. The van der Waals surface area contributed by atoms with E-state index in [0.717, 1.165) is 57.8 Å². The van der Waals surface area contributed by atoms with Gasteiger partial charge in [-0.1, -0.05) is 38.1 Å². The second kappa shape index (κ2) is 7.31. The van der Waals surface area contributed by atoms with E-state index in [-0.39, 0.29) is 0 Å². The molecule has 0 saturated heterocycles. The van der Waals surface area contributed by atoms with Crippen LogP contribution >= 0.6 is 0 Å². The molecule has 0 saturated carbocycles. The van der Waals surface area contributed by atoms with Crippen molar-refractivity contribution in [3.8, 4) is 17.1 Å². The Kier molecular flexibility index (Phi) is 4.28. The first-order valence-electron chi connectivity index (χ1n) is 11.1. The molecule has 0 atom stereocenters. The van der Waals surface area contributed by atoms with E-state index in [1.165, 1.54) is 11.1 Å². The Balaban J connectivity index is 1.63. The maximum absolute atomic E-state index is 4.99. The van der Waals surface area contributed by atoms with Crippen molar-refractivity contribution in [2.45, 2.75) is 26.7 Å². The number of fused-ring (bicyclic) bond motifs is 5. The van der Waals surface area contributed by atoms with Crippen LogP contribution in [0.1, 0.15) is 25.0 Å². The highest BCUT2D eigenvalue weighted by Crippen LogP contribution is 2.31. The molecule has 4 heterocycles. The summed E-state index contributed by atoms with van der Waals surface area (Å²) in [5, 5.41) is 0. The second-order valence-electron chi connectivity index (χ2n) is 8.01. The molecule has 32 heavy (non-hydrogen) atoms. The van der Waals surface area contributed by atoms with E-state index in [1.807, 2.05) is 18.5 Å². The highest BCUT2D eigenvalue weighted by atomic mass is 15.2. The van der Waals surface area contributed by atoms with Crippen LogP contribution in [0.25, 0.3) is 44.9 Å². The maximum Gasteiger partial charge on any atom is 0.220 e. The third-order valence-corrected chi connectivity index (χ3v) is 6.19. The summed E-state index contributed by atoms with van der Waals surface area (Å²) in [7, 11) is 0. The lowest BCUT2D eigenvalue weighted by Crippen LogP contribution is -2.02. The first kappa shape index (κ1) is 18.8. The number of pyridine rings is 2. The molecule has 0 aliphatic heterocycles. The van der Waals surface area contributed by atoms with Crippen LogP contribution in [0, 0.1) is 0 Å². The molecule has 0 fully saturated rings. The molecule has 0 N–H and O–H groups in total. The number of aromatic nitrogens is 5. The number of hydrogen-bond acceptors (Lipinski definition) is 3. The first-order valence-corrected chi connectivity index (χ1v) is 11.1. The van der Waals surface area contributed by atoms with Crippen molar-refractivity contribution in [3.63, 3.8) is 0 Å². The fraction of sp³-hybridized carbons (Fsp3) is 0.148. The third-order valence-electron chi connectivity index (χ3n) is 6.19. The van der Waals surface area contributed by atoms with Crippen molar-refractivity contribution in [1.82, 2.24) is 23.9 Å². The van der Waals surface area contributed by atoms with Crippen LogP contribution < -0.4 is 0 Å². The molecule has 0 unspecified atom stereocenters. The highest BCUT2D eigenvalue weighted by molar-refractivity contribution is 5.92. The Morgan fingerprint density at radius 2 is 1.50 bits per heavy atom. The number of nitrogens with zero attached hydrogens (tertiary/aromatic N) is 5. The van der Waals surface area contributed by atoms with Gasteiger partial charge in [0.2, 0.25) is 5.78 Å². The molecule has 5 nitrogen and oxygen atoms in total. The molecule has 0 radical (unpaired) electrons. The normalized spacial score (nSPS) is 11.7. The van der Waals surface area contributed by atoms with Crippen molar-refractivity contribution >= 4 is 27.8 Å². The summed E-state index contributed by atoms with van der Waals surface area (Å²) in [6, 6.07) is 23.1. The number of rotatable bonds is 4. The van der Waals surface area contributed by atoms with E-state index in [1.54, 1.807) is 0 Å². The molecule has 2 aromatic carbocycles. The number of benzene rings is 2. The third kappa shape index (κ3) is 2.74. The summed E-state index contributed by atoms with van der Waals surface area (Å²) < 4.78 is 4.48. The minimum Gasteiger partial charge on any atom is -0.276 e. The average Bonchev–Trinajstić information content (AvgIpc) is 3.38. The smallest absolute Gasteiger partial charge is 0.220 e. The minimum atomic E-state index is 0.886. The van der Waals surface area contributed by atoms with Gasteiger partial charge in [-0.15, -0.1) is 0 Å². The van der Waals surface area contributed by atoms with Crippen LogP contribution in [0.15, 0.2) is 79.1 Å². The molecule has 5 heteroatoms. The van der Waals surface area contributed by atoms with Gasteiger partial charge < -0.3 is 0 Å². The predicted molar refractivity (Wildman–Crippen MR) is 129 cm³/mol. The first-order chi connectivity index (χ1) is 15.8. The van der Waals surface area contributed by atoms with Gasteiger partial charge >= 0.3 is 0 Å². The summed E-state index contributed by atoms with van der Waals surface area (Å²) in [4.78, 5) is 14.4. The van der Waals surface area contributed by atoms with Gasteiger partial charge in [-0.2, -0.15) is 0 Å². The SMILES string of the molecule is CCc1ccnc(-c2cc(CC)c(-n3c4ccccc4n4c5ccccc5nc34)cn2)c1. The zero-order valence-electron chi connectivity index (χ0n) is 18.2. The highest BCUT2D eigenvalue weighted by Gasteiger charge is 2.19. The van der Waals surface area contributed by atoms with Crippen LogP contribution in [0.3, 0.4) is 0 Å². The molecular weight excluding hydrogens is 394 g/mol. The number of imidazole rings is 2. The lowest BCUT2D eigenvalue weighted by atomic mass is 10.1. The fourth-order valence-corrected chi connectivity index (χ4v) is 4.54. The monoisotopic (exact) mass is 417 g/mol. The lowest BCUT2D eigenvalue weighted by Gasteiger charge is -2.12. The number of para-hydroxylation sites is 4. The molecule has 0 amide bonds. The van der Waals surface area contributed by atoms with Crippen molar-refractivity contribution < 1.29 is 0 Å². The van der Waals surface area contributed by atoms with Crippen molar-refractivity contribution in [2.75, 3.05) is 0 Å². The minimum absolute atomic E-state index is 0.886. The lowest BCUT2D eigenvalue weighted by molar-refractivity contribution is 1.02. The van der Waals surface area contributed by atoms with Gasteiger partial charge in [0.05, 0.1) is 45.3 Å². The quantitative estimate of drug-likeness (QED) is 0.353. The average molecular weight is 418 g/mol. The summed E-state index contributed by atoms with van der Waals surface area (Å²) >= 11 is 0. The molecular formula is C27H23N5. The Labute approximate surface area is 186 Å². The van der Waals surface area contributed by atoms with Crippen molar-refractivity contribution in [3.05, 3.63) is 90.3 Å². The summed E-state index contributed by atoms with van der Waals surface area (Å²) in [5.74, 6) is 0.905. The van der Waals surface area contributed by atoms with E-state index < -0.39 is 0 Å². The summed E-state index contributed by atoms with van der Waals surface area (Å²) in [6.07, 6.45) is 5.71. The molecule has 0 aliphatic carbocycles. The van der Waals surface area contributed by atoms with Crippen molar-refractivity contribution in [1.29, 1.82) is 0 Å². The van der Waals surface area contributed by atoms with Crippen molar-refractivity contribution in [2.24, 2.45) is 0 Å². The summed E-state index contributed by atoms with van der Waals surface area (Å²) in [5.41, 5.74) is 9.72. The second-order valence-corrected chi connectivity index (χ2v) is 8.01. The van der Waals surface area contributed by atoms with Crippen LogP contribution in [-0.4, -0.2) is 23.9 Å². The van der Waals surface area contributed by atoms with E-state index in [4.69, 9.17) is 9.97 Å². The van der Waals surface area contributed by atoms with Gasteiger partial charge in [0.25, 0.3) is 0 Å². The largest absolute Gasteiger partial charge is 0.276 e. The Morgan fingerprint density at radius 3 is 2.31 bits per heavy atom. The van der Waals surface area contributed by atoms with Gasteiger partial charge in [0.1, 0.15) is 0 Å². The number of hydrogen-bond donors (Lipinski definition) is 0. The summed E-state index contributed by atoms with van der Waals surface area (Å²) in [6.45, 7) is 4.34. The Hall–Kier alpha value is -3.99. The van der Waals surface area contributed by atoms with Gasteiger partial charge in [-0.25, -0.2) is 4.98 Å². The molecule has 0 bridgehead atoms. The molecule has 0 aliphatic rings. The van der Waals surface area contributed by atoms with Crippen LogP contribution in [0.4, 0.5) is 0 Å². The van der Waals surface area contributed by atoms with E-state index >= 15 is 0 Å². The molecule has 0 spiro atoms.